The lowest BCUT2D eigenvalue weighted by atomic mass is 9.84. The van der Waals surface area contributed by atoms with Crippen molar-refractivity contribution in [3.63, 3.8) is 0 Å². The highest BCUT2D eigenvalue weighted by Gasteiger charge is 2.26. The normalized spacial score (nSPS) is 14.0. The summed E-state index contributed by atoms with van der Waals surface area (Å²) >= 11 is 1.84. The Bertz CT molecular complexity index is 1180. The second-order valence-corrected chi connectivity index (χ2v) is 9.29. The minimum absolute atomic E-state index is 0.0878. The van der Waals surface area contributed by atoms with Crippen LogP contribution in [0.25, 0.3) is 10.9 Å². The number of hydrogen-bond acceptors (Lipinski definition) is 3. The summed E-state index contributed by atoms with van der Waals surface area (Å²) in [4.78, 5) is 4.86. The number of nitrogens with two attached hydrogens (primary N) is 1. The third-order valence-corrected chi connectivity index (χ3v) is 6.81. The maximum absolute atomic E-state index is 6.20. The van der Waals surface area contributed by atoms with Crippen LogP contribution in [0.5, 0.6) is 0 Å². The number of thioether (sulfide) groups is 1. The van der Waals surface area contributed by atoms with E-state index in [2.05, 4.69) is 79.7 Å². The van der Waals surface area contributed by atoms with Crippen molar-refractivity contribution in [2.45, 2.75) is 71.9 Å². The predicted molar refractivity (Wildman–Crippen MR) is 157 cm³/mol. The maximum Gasteiger partial charge on any atom is 0.0705 e. The highest BCUT2D eigenvalue weighted by molar-refractivity contribution is 8.00. The molecule has 2 unspecified atom stereocenters. The van der Waals surface area contributed by atoms with Crippen molar-refractivity contribution >= 4 is 22.7 Å². The Kier molecular flexibility index (Phi) is 12.0. The Balaban J connectivity index is 0.000000671. The molecule has 3 aromatic carbocycles. The van der Waals surface area contributed by atoms with Gasteiger partial charge in [0.1, 0.15) is 0 Å². The van der Waals surface area contributed by atoms with Crippen LogP contribution >= 0.6 is 11.8 Å². The van der Waals surface area contributed by atoms with E-state index >= 15 is 0 Å². The molecule has 0 spiro atoms. The van der Waals surface area contributed by atoms with Gasteiger partial charge in [0.2, 0.25) is 0 Å². The summed E-state index contributed by atoms with van der Waals surface area (Å²) in [6.45, 7) is 14.1. The topological polar surface area (TPSA) is 38.9 Å². The Hall–Kier alpha value is -2.62. The molecule has 0 bridgehead atoms. The number of rotatable bonds is 4. The summed E-state index contributed by atoms with van der Waals surface area (Å²) in [5.41, 5.74) is 15.3. The third-order valence-electron chi connectivity index (χ3n) is 5.60. The summed E-state index contributed by atoms with van der Waals surface area (Å²) < 4.78 is 0. The molecule has 1 aliphatic rings. The summed E-state index contributed by atoms with van der Waals surface area (Å²) in [5.74, 6) is 0. The van der Waals surface area contributed by atoms with Crippen molar-refractivity contribution in [1.82, 2.24) is 4.98 Å². The molecule has 0 aliphatic heterocycles. The van der Waals surface area contributed by atoms with E-state index in [1.807, 2.05) is 59.4 Å². The van der Waals surface area contributed by atoms with Crippen LogP contribution in [0.15, 0.2) is 78.9 Å². The molecule has 2 atom stereocenters. The molecule has 2 nitrogen and oxygen atoms in total. The lowest BCUT2D eigenvalue weighted by Crippen LogP contribution is -2.18. The van der Waals surface area contributed by atoms with Gasteiger partial charge in [-0.25, -0.2) is 0 Å². The predicted octanol–water partition coefficient (Wildman–Crippen LogP) is 8.94. The van der Waals surface area contributed by atoms with Gasteiger partial charge in [0.25, 0.3) is 0 Å². The van der Waals surface area contributed by atoms with Crippen LogP contribution in [0, 0.1) is 0 Å². The molecule has 0 saturated heterocycles. The zero-order valence-electron chi connectivity index (χ0n) is 22.5. The monoisotopic (exact) mass is 486 g/mol. The van der Waals surface area contributed by atoms with Crippen molar-refractivity contribution in [2.24, 2.45) is 5.73 Å². The SMILES string of the molecule is CC.CC.CC.CC(N)SC1c2ccccc2Cc2ccc(Cc3ccc4ccccc4n3)cc21. The van der Waals surface area contributed by atoms with Crippen LogP contribution in [0.1, 0.15) is 87.2 Å². The summed E-state index contributed by atoms with van der Waals surface area (Å²) in [6.07, 6.45) is 1.84. The molecule has 2 N–H and O–H groups in total. The van der Waals surface area contributed by atoms with E-state index < -0.39 is 0 Å². The zero-order valence-corrected chi connectivity index (χ0v) is 23.3. The van der Waals surface area contributed by atoms with E-state index in [9.17, 15) is 0 Å². The molecule has 1 aliphatic carbocycles. The lowest BCUT2D eigenvalue weighted by Gasteiger charge is -2.29. The van der Waals surface area contributed by atoms with Gasteiger partial charge >= 0.3 is 0 Å². The van der Waals surface area contributed by atoms with Crippen molar-refractivity contribution in [2.75, 3.05) is 0 Å². The number of nitrogens with zero attached hydrogens (tertiary/aromatic N) is 1. The molecule has 3 heteroatoms. The molecule has 1 aromatic heterocycles. The Morgan fingerprint density at radius 3 is 2.20 bits per heavy atom. The summed E-state index contributed by atoms with van der Waals surface area (Å²) in [7, 11) is 0. The summed E-state index contributed by atoms with van der Waals surface area (Å²) in [6, 6.07) is 28.3. The van der Waals surface area contributed by atoms with Crippen molar-refractivity contribution in [1.29, 1.82) is 0 Å². The lowest BCUT2D eigenvalue weighted by molar-refractivity contribution is 0.952. The molecule has 5 rings (SSSR count). The first-order valence-electron chi connectivity index (χ1n) is 13.1. The van der Waals surface area contributed by atoms with E-state index in [0.717, 1.165) is 24.1 Å². The Morgan fingerprint density at radius 1 is 0.800 bits per heavy atom. The Morgan fingerprint density at radius 2 is 1.46 bits per heavy atom. The van der Waals surface area contributed by atoms with E-state index in [1.54, 1.807) is 0 Å². The van der Waals surface area contributed by atoms with Gasteiger partial charge in [-0.1, -0.05) is 108 Å². The van der Waals surface area contributed by atoms with Crippen LogP contribution in [-0.2, 0) is 12.8 Å². The number of aromatic nitrogens is 1. The average Bonchev–Trinajstić information content (AvgIpc) is 2.92. The minimum Gasteiger partial charge on any atom is -0.320 e. The second-order valence-electron chi connectivity index (χ2n) is 7.80. The van der Waals surface area contributed by atoms with Gasteiger partial charge in [-0.2, -0.15) is 0 Å². The van der Waals surface area contributed by atoms with Gasteiger partial charge < -0.3 is 5.73 Å². The minimum atomic E-state index is 0.0878. The molecular weight excluding hydrogens is 444 g/mol. The number of pyridine rings is 1. The molecule has 0 saturated carbocycles. The fourth-order valence-corrected chi connectivity index (χ4v) is 5.43. The molecule has 0 amide bonds. The van der Waals surface area contributed by atoms with Crippen LogP contribution in [0.2, 0.25) is 0 Å². The van der Waals surface area contributed by atoms with Crippen LogP contribution in [-0.4, -0.2) is 10.4 Å². The van der Waals surface area contributed by atoms with Crippen molar-refractivity contribution in [3.05, 3.63) is 112 Å². The maximum atomic E-state index is 6.20. The third kappa shape index (κ3) is 7.19. The fourth-order valence-electron chi connectivity index (χ4n) is 4.26. The fraction of sp³-hybridized carbons (Fsp3) is 0.344. The van der Waals surface area contributed by atoms with E-state index in [0.29, 0.717) is 5.25 Å². The first kappa shape index (κ1) is 28.6. The smallest absolute Gasteiger partial charge is 0.0705 e. The Labute approximate surface area is 217 Å². The largest absolute Gasteiger partial charge is 0.320 e. The van der Waals surface area contributed by atoms with E-state index in [4.69, 9.17) is 10.7 Å². The van der Waals surface area contributed by atoms with Crippen molar-refractivity contribution in [3.8, 4) is 0 Å². The molecule has 0 fully saturated rings. The zero-order chi connectivity index (χ0) is 25.8. The van der Waals surface area contributed by atoms with Crippen LogP contribution < -0.4 is 5.73 Å². The van der Waals surface area contributed by atoms with Crippen LogP contribution in [0.3, 0.4) is 0 Å². The average molecular weight is 487 g/mol. The first-order chi connectivity index (χ1) is 17.2. The quantitative estimate of drug-likeness (QED) is 0.293. The van der Waals surface area contributed by atoms with Gasteiger partial charge in [-0.3, -0.25) is 4.98 Å². The highest BCUT2D eigenvalue weighted by Crippen LogP contribution is 2.44. The molecule has 0 radical (unpaired) electrons. The molecule has 186 valence electrons. The van der Waals surface area contributed by atoms with Gasteiger partial charge in [0, 0.05) is 22.9 Å². The second kappa shape index (κ2) is 14.7. The molecule has 35 heavy (non-hydrogen) atoms. The number of fused-ring (bicyclic) bond motifs is 3. The van der Waals surface area contributed by atoms with Crippen LogP contribution in [0.4, 0.5) is 0 Å². The standard InChI is InChI=1S/C26H24N2S.3C2H6/c1-17(27)29-26-23-8-4-2-7-20(23)16-21-11-10-18(15-24(21)26)14-22-13-12-19-6-3-5-9-25(19)28-22;3*1-2/h2-13,15,17,26H,14,16,27H2,1H3;3*1-2H3. The first-order valence-corrected chi connectivity index (χ1v) is 14.1. The molecule has 1 heterocycles. The van der Waals surface area contributed by atoms with E-state index in [1.165, 1.54) is 33.2 Å². The van der Waals surface area contributed by atoms with Gasteiger partial charge in [0.15, 0.2) is 0 Å². The molecular formula is C32H42N2S. The van der Waals surface area contributed by atoms with Gasteiger partial charge in [0.05, 0.1) is 10.8 Å². The van der Waals surface area contributed by atoms with Gasteiger partial charge in [-0.15, -0.1) is 11.8 Å². The molecule has 4 aromatic rings. The van der Waals surface area contributed by atoms with Crippen molar-refractivity contribution < 1.29 is 0 Å². The highest BCUT2D eigenvalue weighted by atomic mass is 32.2. The number of benzene rings is 3. The number of hydrogen-bond donors (Lipinski definition) is 1. The van der Waals surface area contributed by atoms with E-state index in [-0.39, 0.29) is 5.37 Å². The number of para-hydroxylation sites is 1. The summed E-state index contributed by atoms with van der Waals surface area (Å²) in [5, 5.41) is 1.57. The van der Waals surface area contributed by atoms with Gasteiger partial charge in [-0.05, 0) is 53.3 Å².